The molecular weight excluding hydrogens is 264 g/mol. The molecular formula is C17H22N2O2. The van der Waals surface area contributed by atoms with Crippen LogP contribution in [0.25, 0.3) is 0 Å². The van der Waals surface area contributed by atoms with E-state index in [0.717, 1.165) is 6.42 Å². The van der Waals surface area contributed by atoms with E-state index in [-0.39, 0.29) is 17.9 Å². The Balaban J connectivity index is 1.74. The third-order valence-electron chi connectivity index (χ3n) is 4.43. The molecule has 1 aromatic carbocycles. The molecule has 0 unspecified atom stereocenters. The summed E-state index contributed by atoms with van der Waals surface area (Å²) >= 11 is 0. The van der Waals surface area contributed by atoms with Crippen molar-refractivity contribution in [2.24, 2.45) is 5.41 Å². The van der Waals surface area contributed by atoms with Crippen molar-refractivity contribution in [2.45, 2.75) is 45.7 Å². The molecule has 0 saturated heterocycles. The van der Waals surface area contributed by atoms with E-state index >= 15 is 0 Å². The van der Waals surface area contributed by atoms with Crippen molar-refractivity contribution in [3.63, 3.8) is 0 Å². The Morgan fingerprint density at radius 1 is 1.19 bits per heavy atom. The van der Waals surface area contributed by atoms with Crippen molar-refractivity contribution in [3.8, 4) is 0 Å². The summed E-state index contributed by atoms with van der Waals surface area (Å²) in [6.45, 7) is 5.20. The van der Waals surface area contributed by atoms with E-state index in [1.165, 1.54) is 11.1 Å². The maximum absolute atomic E-state index is 12.8. The molecule has 1 aliphatic heterocycles. The summed E-state index contributed by atoms with van der Waals surface area (Å²) in [5, 5.41) is 2.90. The first-order valence-corrected chi connectivity index (χ1v) is 7.70. The van der Waals surface area contributed by atoms with Crippen LogP contribution in [0.5, 0.6) is 0 Å². The predicted octanol–water partition coefficient (Wildman–Crippen LogP) is 1.88. The lowest BCUT2D eigenvalue weighted by Gasteiger charge is -2.31. The Hall–Kier alpha value is -1.84. The zero-order valence-corrected chi connectivity index (χ0v) is 12.7. The summed E-state index contributed by atoms with van der Waals surface area (Å²) < 4.78 is 0. The first kappa shape index (κ1) is 14.1. The van der Waals surface area contributed by atoms with Crippen LogP contribution in [0.4, 0.5) is 0 Å². The average molecular weight is 286 g/mol. The molecule has 0 radical (unpaired) electrons. The first-order valence-electron chi connectivity index (χ1n) is 7.70. The fourth-order valence-electron chi connectivity index (χ4n) is 3.04. The molecule has 2 aliphatic rings. The van der Waals surface area contributed by atoms with Crippen LogP contribution in [-0.2, 0) is 22.6 Å². The van der Waals surface area contributed by atoms with Gasteiger partial charge in [-0.25, -0.2) is 0 Å². The number of rotatable bonds is 3. The maximum atomic E-state index is 12.8. The van der Waals surface area contributed by atoms with Gasteiger partial charge in [-0.2, -0.15) is 0 Å². The summed E-state index contributed by atoms with van der Waals surface area (Å²) in [5.41, 5.74) is 1.74. The van der Waals surface area contributed by atoms with Crippen LogP contribution >= 0.6 is 0 Å². The SMILES string of the molecule is CC(C)NC(=O)C1(C(=O)N2CCc3ccccc3C2)CC1. The van der Waals surface area contributed by atoms with Crippen molar-refractivity contribution in [1.29, 1.82) is 0 Å². The van der Waals surface area contributed by atoms with Crippen LogP contribution in [0, 0.1) is 5.41 Å². The molecule has 1 saturated carbocycles. The van der Waals surface area contributed by atoms with E-state index in [0.29, 0.717) is 25.9 Å². The number of nitrogens with one attached hydrogen (secondary N) is 1. The highest BCUT2D eigenvalue weighted by Crippen LogP contribution is 2.48. The minimum atomic E-state index is -0.781. The van der Waals surface area contributed by atoms with Gasteiger partial charge in [0.25, 0.3) is 0 Å². The molecule has 0 atom stereocenters. The standard InChI is InChI=1S/C17H22N2O2/c1-12(2)18-15(20)17(8-9-17)16(21)19-10-7-13-5-3-4-6-14(13)11-19/h3-6,12H,7-11H2,1-2H3,(H,18,20). The smallest absolute Gasteiger partial charge is 0.238 e. The Bertz CT molecular complexity index is 576. The van der Waals surface area contributed by atoms with Gasteiger partial charge < -0.3 is 10.2 Å². The van der Waals surface area contributed by atoms with Crippen LogP contribution in [-0.4, -0.2) is 29.3 Å². The lowest BCUT2D eigenvalue weighted by Crippen LogP contribution is -2.48. The quantitative estimate of drug-likeness (QED) is 0.863. The molecule has 1 aromatic rings. The third kappa shape index (κ3) is 2.55. The number of benzene rings is 1. The van der Waals surface area contributed by atoms with Crippen LogP contribution < -0.4 is 5.32 Å². The highest BCUT2D eigenvalue weighted by atomic mass is 16.2. The summed E-state index contributed by atoms with van der Waals surface area (Å²) in [7, 11) is 0. The van der Waals surface area contributed by atoms with Gasteiger partial charge in [0.1, 0.15) is 5.41 Å². The van der Waals surface area contributed by atoms with Crippen molar-refractivity contribution < 1.29 is 9.59 Å². The third-order valence-corrected chi connectivity index (χ3v) is 4.43. The van der Waals surface area contributed by atoms with E-state index in [9.17, 15) is 9.59 Å². The van der Waals surface area contributed by atoms with Crippen molar-refractivity contribution >= 4 is 11.8 Å². The van der Waals surface area contributed by atoms with Crippen LogP contribution in [0.2, 0.25) is 0 Å². The van der Waals surface area contributed by atoms with Gasteiger partial charge in [-0.15, -0.1) is 0 Å². The number of fused-ring (bicyclic) bond motifs is 1. The minimum absolute atomic E-state index is 0.00940. The molecule has 0 aromatic heterocycles. The van der Waals surface area contributed by atoms with Gasteiger partial charge in [0.05, 0.1) is 0 Å². The van der Waals surface area contributed by atoms with Crippen molar-refractivity contribution in [3.05, 3.63) is 35.4 Å². The monoisotopic (exact) mass is 286 g/mol. The summed E-state index contributed by atoms with van der Waals surface area (Å²) in [6.07, 6.45) is 2.24. The fraction of sp³-hybridized carbons (Fsp3) is 0.529. The Morgan fingerprint density at radius 3 is 2.48 bits per heavy atom. The largest absolute Gasteiger partial charge is 0.353 e. The van der Waals surface area contributed by atoms with E-state index in [1.54, 1.807) is 0 Å². The summed E-state index contributed by atoms with van der Waals surface area (Å²) in [6, 6.07) is 8.31. The molecule has 0 bridgehead atoms. The molecule has 1 fully saturated rings. The molecule has 1 heterocycles. The summed E-state index contributed by atoms with van der Waals surface area (Å²) in [4.78, 5) is 26.9. The lowest BCUT2D eigenvalue weighted by molar-refractivity contribution is -0.145. The van der Waals surface area contributed by atoms with Gasteiger partial charge in [-0.1, -0.05) is 24.3 Å². The highest BCUT2D eigenvalue weighted by Gasteiger charge is 2.58. The normalized spacial score (nSPS) is 19.1. The second-order valence-electron chi connectivity index (χ2n) is 6.46. The highest BCUT2D eigenvalue weighted by molar-refractivity contribution is 6.08. The van der Waals surface area contributed by atoms with Crippen LogP contribution in [0.3, 0.4) is 0 Å². The maximum Gasteiger partial charge on any atom is 0.238 e. The number of carbonyl (C=O) groups is 2. The molecule has 4 heteroatoms. The minimum Gasteiger partial charge on any atom is -0.353 e. The number of nitrogens with zero attached hydrogens (tertiary/aromatic N) is 1. The lowest BCUT2D eigenvalue weighted by atomic mass is 9.97. The number of amides is 2. The van der Waals surface area contributed by atoms with E-state index in [4.69, 9.17) is 0 Å². The second-order valence-corrected chi connectivity index (χ2v) is 6.46. The Labute approximate surface area is 125 Å². The molecule has 0 spiro atoms. The van der Waals surface area contributed by atoms with E-state index in [1.807, 2.05) is 30.9 Å². The van der Waals surface area contributed by atoms with Gasteiger partial charge in [0.15, 0.2) is 0 Å². The molecule has 21 heavy (non-hydrogen) atoms. The van der Waals surface area contributed by atoms with Gasteiger partial charge in [0, 0.05) is 19.1 Å². The molecule has 1 aliphatic carbocycles. The van der Waals surface area contributed by atoms with Crippen LogP contribution in [0.15, 0.2) is 24.3 Å². The van der Waals surface area contributed by atoms with Gasteiger partial charge >= 0.3 is 0 Å². The second kappa shape index (κ2) is 5.17. The predicted molar refractivity (Wildman–Crippen MR) is 80.5 cm³/mol. The molecule has 1 N–H and O–H groups in total. The van der Waals surface area contributed by atoms with Gasteiger partial charge in [-0.3, -0.25) is 9.59 Å². The average Bonchev–Trinajstić information content (AvgIpc) is 3.27. The molecule has 4 nitrogen and oxygen atoms in total. The Kier molecular flexibility index (Phi) is 3.47. The Morgan fingerprint density at radius 2 is 1.86 bits per heavy atom. The molecule has 2 amide bonds. The van der Waals surface area contributed by atoms with E-state index in [2.05, 4.69) is 17.4 Å². The zero-order valence-electron chi connectivity index (χ0n) is 12.7. The number of carbonyl (C=O) groups excluding carboxylic acids is 2. The van der Waals surface area contributed by atoms with Gasteiger partial charge in [0.2, 0.25) is 11.8 Å². The van der Waals surface area contributed by atoms with E-state index < -0.39 is 5.41 Å². The topological polar surface area (TPSA) is 49.4 Å². The number of hydrogen-bond acceptors (Lipinski definition) is 2. The molecule has 112 valence electrons. The van der Waals surface area contributed by atoms with Gasteiger partial charge in [-0.05, 0) is 44.2 Å². The fourth-order valence-corrected chi connectivity index (χ4v) is 3.04. The first-order chi connectivity index (χ1) is 10.0. The van der Waals surface area contributed by atoms with Crippen molar-refractivity contribution in [2.75, 3.05) is 6.54 Å². The van der Waals surface area contributed by atoms with Crippen LogP contribution in [0.1, 0.15) is 37.8 Å². The summed E-state index contributed by atoms with van der Waals surface area (Å²) in [5.74, 6) is -0.0866. The zero-order chi connectivity index (χ0) is 15.0. The number of hydrogen-bond donors (Lipinski definition) is 1. The van der Waals surface area contributed by atoms with Crippen molar-refractivity contribution in [1.82, 2.24) is 10.2 Å². The molecule has 3 rings (SSSR count).